The van der Waals surface area contributed by atoms with Gasteiger partial charge < -0.3 is 20.2 Å². The minimum absolute atomic E-state index is 0.217. The highest BCUT2D eigenvalue weighted by Gasteiger charge is 2.38. The lowest BCUT2D eigenvalue weighted by Crippen LogP contribution is -2.55. The van der Waals surface area contributed by atoms with Crippen LogP contribution in [0.1, 0.15) is 55.5 Å². The SMILES string of the molecule is C=CCn1c(=O)c2cnc(Nc3ccc(N4CCN(CC5CN(c6ccc7c(C8CCC(=O)NC8=O)nn(C)c7c6)C5)CC4)cc3)nc2n1-c1ccc2c(n1)[C@@](O)(CC)CC2. The Morgan fingerprint density at radius 3 is 2.49 bits per heavy atom. The number of aliphatic hydroxyl groups is 1. The number of allylic oxidation sites excluding steroid dienone is 1. The van der Waals surface area contributed by atoms with E-state index in [1.807, 2.05) is 42.9 Å². The molecule has 61 heavy (non-hydrogen) atoms. The average Bonchev–Trinajstić information content (AvgIpc) is 3.86. The third-order valence-electron chi connectivity index (χ3n) is 13.1. The molecular formula is C45H50N12O4. The molecule has 16 nitrogen and oxygen atoms in total. The fraction of sp³-hybridized carbons (Fsp3) is 0.400. The Morgan fingerprint density at radius 2 is 1.74 bits per heavy atom. The zero-order valence-electron chi connectivity index (χ0n) is 34.5. The van der Waals surface area contributed by atoms with E-state index in [-0.39, 0.29) is 23.9 Å². The summed E-state index contributed by atoms with van der Waals surface area (Å²) in [6.07, 6.45) is 5.98. The van der Waals surface area contributed by atoms with Crippen molar-refractivity contribution in [3.05, 3.63) is 101 Å². The summed E-state index contributed by atoms with van der Waals surface area (Å²) in [5.74, 6) is 0.579. The van der Waals surface area contributed by atoms with Gasteiger partial charge in [0, 0.05) is 93.8 Å². The quantitative estimate of drug-likeness (QED) is 0.126. The Bertz CT molecular complexity index is 2760. The van der Waals surface area contributed by atoms with Crippen LogP contribution in [0.25, 0.3) is 27.8 Å². The lowest BCUT2D eigenvalue weighted by Gasteiger charge is -2.45. The van der Waals surface area contributed by atoms with E-state index in [9.17, 15) is 19.5 Å². The number of piperidine rings is 1. The normalized spacial score (nSPS) is 20.9. The van der Waals surface area contributed by atoms with E-state index in [0.29, 0.717) is 60.1 Å². The van der Waals surface area contributed by atoms with E-state index in [4.69, 9.17) is 15.1 Å². The molecule has 2 atom stereocenters. The number of anilines is 4. The van der Waals surface area contributed by atoms with E-state index in [0.717, 1.165) is 91.5 Å². The Kier molecular flexibility index (Phi) is 9.70. The molecule has 2 amide bonds. The molecule has 3 aliphatic heterocycles. The van der Waals surface area contributed by atoms with Gasteiger partial charge in [-0.3, -0.25) is 29.3 Å². The second kappa shape index (κ2) is 15.3. The Balaban J connectivity index is 0.754. The van der Waals surface area contributed by atoms with Crippen LogP contribution in [0.15, 0.2) is 78.2 Å². The minimum atomic E-state index is -0.992. The highest BCUT2D eigenvalue weighted by atomic mass is 16.3. The fourth-order valence-electron chi connectivity index (χ4n) is 9.63. The second-order valence-corrected chi connectivity index (χ2v) is 16.9. The van der Waals surface area contributed by atoms with Crippen LogP contribution < -0.4 is 26.0 Å². The molecule has 7 heterocycles. The Labute approximate surface area is 352 Å². The summed E-state index contributed by atoms with van der Waals surface area (Å²) in [6, 6.07) is 18.5. The van der Waals surface area contributed by atoms with Crippen molar-refractivity contribution in [2.75, 3.05) is 60.9 Å². The number of hydrogen-bond acceptors (Lipinski definition) is 12. The predicted molar refractivity (Wildman–Crippen MR) is 234 cm³/mol. The number of fused-ring (bicyclic) bond motifs is 3. The molecule has 16 heteroatoms. The van der Waals surface area contributed by atoms with Gasteiger partial charge in [-0.25, -0.2) is 19.3 Å². The largest absolute Gasteiger partial charge is 0.384 e. The zero-order valence-corrected chi connectivity index (χ0v) is 34.5. The fourth-order valence-corrected chi connectivity index (χ4v) is 9.63. The molecule has 3 saturated heterocycles. The monoisotopic (exact) mass is 822 g/mol. The minimum Gasteiger partial charge on any atom is -0.384 e. The van der Waals surface area contributed by atoms with Crippen LogP contribution in [0.5, 0.6) is 0 Å². The van der Waals surface area contributed by atoms with Crippen LogP contribution in [0, 0.1) is 5.92 Å². The first-order valence-corrected chi connectivity index (χ1v) is 21.3. The molecule has 314 valence electrons. The maximum absolute atomic E-state index is 13.5. The number of nitrogens with one attached hydrogen (secondary N) is 2. The number of pyridine rings is 1. The molecule has 2 aromatic carbocycles. The van der Waals surface area contributed by atoms with Crippen LogP contribution in [0.3, 0.4) is 0 Å². The summed E-state index contributed by atoms with van der Waals surface area (Å²) in [7, 11) is 1.91. The molecule has 4 aromatic heterocycles. The molecule has 10 rings (SSSR count). The number of carbonyl (C=O) groups excluding carboxylic acids is 2. The number of rotatable bonds is 11. The van der Waals surface area contributed by atoms with Crippen LogP contribution in [-0.2, 0) is 35.2 Å². The molecule has 1 unspecified atom stereocenters. The molecule has 0 saturated carbocycles. The van der Waals surface area contributed by atoms with Crippen molar-refractivity contribution in [1.82, 2.24) is 44.3 Å². The summed E-state index contributed by atoms with van der Waals surface area (Å²) in [6.45, 7) is 13.0. The molecule has 3 fully saturated rings. The zero-order chi connectivity index (χ0) is 42.0. The number of amides is 2. The third-order valence-corrected chi connectivity index (χ3v) is 13.1. The molecular weight excluding hydrogens is 773 g/mol. The number of aromatic nitrogens is 7. The smallest absolute Gasteiger partial charge is 0.278 e. The first kappa shape index (κ1) is 38.8. The van der Waals surface area contributed by atoms with Crippen LogP contribution in [0.2, 0.25) is 0 Å². The van der Waals surface area contributed by atoms with Crippen LogP contribution in [0.4, 0.5) is 23.0 Å². The van der Waals surface area contributed by atoms with Gasteiger partial charge in [0.2, 0.25) is 17.8 Å². The number of carbonyl (C=O) groups is 2. The number of hydrogen-bond donors (Lipinski definition) is 3. The molecule has 0 spiro atoms. The molecule has 0 bridgehead atoms. The maximum atomic E-state index is 13.5. The van der Waals surface area contributed by atoms with Gasteiger partial charge in [0.05, 0.1) is 29.4 Å². The van der Waals surface area contributed by atoms with Crippen molar-refractivity contribution in [2.45, 2.75) is 57.1 Å². The van der Waals surface area contributed by atoms with Crippen molar-refractivity contribution in [3.63, 3.8) is 0 Å². The maximum Gasteiger partial charge on any atom is 0.278 e. The van der Waals surface area contributed by atoms with Gasteiger partial charge in [-0.05, 0) is 79.8 Å². The Hall–Kier alpha value is -6.39. The number of aryl methyl sites for hydroxylation is 2. The van der Waals surface area contributed by atoms with E-state index >= 15 is 0 Å². The summed E-state index contributed by atoms with van der Waals surface area (Å²) < 4.78 is 5.10. The van der Waals surface area contributed by atoms with Crippen molar-refractivity contribution in [1.29, 1.82) is 0 Å². The van der Waals surface area contributed by atoms with Gasteiger partial charge in [0.25, 0.3) is 5.56 Å². The second-order valence-electron chi connectivity index (χ2n) is 16.9. The summed E-state index contributed by atoms with van der Waals surface area (Å²) in [5, 5.41) is 23.1. The first-order chi connectivity index (χ1) is 29.6. The number of nitrogens with zero attached hydrogens (tertiary/aromatic N) is 10. The summed E-state index contributed by atoms with van der Waals surface area (Å²) in [4.78, 5) is 59.4. The molecule has 1 aliphatic carbocycles. The first-order valence-electron chi connectivity index (χ1n) is 21.3. The number of benzene rings is 2. The van der Waals surface area contributed by atoms with E-state index in [1.54, 1.807) is 21.6 Å². The lowest BCUT2D eigenvalue weighted by molar-refractivity contribution is -0.134. The highest BCUT2D eigenvalue weighted by Crippen LogP contribution is 2.39. The molecule has 3 N–H and O–H groups in total. The lowest BCUT2D eigenvalue weighted by atomic mass is 9.92. The van der Waals surface area contributed by atoms with Gasteiger partial charge in [-0.2, -0.15) is 10.1 Å². The molecule has 0 radical (unpaired) electrons. The van der Waals surface area contributed by atoms with Crippen molar-refractivity contribution in [2.24, 2.45) is 13.0 Å². The van der Waals surface area contributed by atoms with Gasteiger partial charge in [-0.15, -0.1) is 6.58 Å². The van der Waals surface area contributed by atoms with Crippen molar-refractivity contribution in [3.8, 4) is 5.82 Å². The van der Waals surface area contributed by atoms with Crippen molar-refractivity contribution < 1.29 is 14.7 Å². The van der Waals surface area contributed by atoms with E-state index < -0.39 is 11.5 Å². The van der Waals surface area contributed by atoms with Gasteiger partial charge in [0.1, 0.15) is 11.0 Å². The van der Waals surface area contributed by atoms with Crippen LogP contribution in [-0.4, -0.2) is 102 Å². The predicted octanol–water partition coefficient (Wildman–Crippen LogP) is 4.12. The van der Waals surface area contributed by atoms with E-state index in [1.165, 1.54) is 0 Å². The number of imide groups is 1. The third kappa shape index (κ3) is 6.92. The highest BCUT2D eigenvalue weighted by molar-refractivity contribution is 6.02. The average molecular weight is 823 g/mol. The van der Waals surface area contributed by atoms with Crippen LogP contribution >= 0.6 is 0 Å². The molecule has 4 aliphatic rings. The van der Waals surface area contributed by atoms with Gasteiger partial charge in [0.15, 0.2) is 11.5 Å². The summed E-state index contributed by atoms with van der Waals surface area (Å²) in [5.41, 5.74) is 5.77. The van der Waals surface area contributed by atoms with Crippen molar-refractivity contribution >= 4 is 56.8 Å². The standard InChI is InChI=1S/C45H50N12O4/c1-4-18-56-43(60)35-24-46-44(50-41(35)57(56)37-14-6-29-16-17-45(61,5-2)40(29)48-37)47-30-7-9-31(10-8-30)54-21-19-53(20-22-54)25-28-26-55(27-28)32-11-12-33-36(23-32)52(3)51-39(33)34-13-15-38(58)49-42(34)59/h4,6-12,14,23-24,28,34,61H,1,5,13,15-22,25-27H2,2-3H3,(H,46,47,50)(H,49,58,59)/t34?,45-/m1/s1. The van der Waals surface area contributed by atoms with E-state index in [2.05, 4.69) is 67.2 Å². The topological polar surface area (TPSA) is 172 Å². The van der Waals surface area contributed by atoms with Gasteiger partial charge in [-0.1, -0.05) is 19.1 Å². The molecule has 6 aromatic rings. The summed E-state index contributed by atoms with van der Waals surface area (Å²) >= 11 is 0. The number of piperazine rings is 1. The van der Waals surface area contributed by atoms with Gasteiger partial charge >= 0.3 is 0 Å². The Morgan fingerprint density at radius 1 is 0.951 bits per heavy atom.